The summed E-state index contributed by atoms with van der Waals surface area (Å²) in [6, 6.07) is 7.91. The van der Waals surface area contributed by atoms with E-state index in [1.54, 1.807) is 37.5 Å². The van der Waals surface area contributed by atoms with Crippen molar-refractivity contribution in [1.82, 2.24) is 10.3 Å². The number of aromatic nitrogens is 1. The molecule has 0 bridgehead atoms. The summed E-state index contributed by atoms with van der Waals surface area (Å²) in [5.74, 6) is 0.313. The van der Waals surface area contributed by atoms with Crippen molar-refractivity contribution >= 4 is 11.7 Å². The number of halogens is 2. The fourth-order valence-corrected chi connectivity index (χ4v) is 2.07. The molecule has 0 spiro atoms. The Morgan fingerprint density at radius 1 is 1.33 bits per heavy atom. The van der Waals surface area contributed by atoms with E-state index in [0.717, 1.165) is 5.56 Å². The standard InChI is InChI=1S/C17H19F2N3O2/c1-11-5-6-14(8-15(11)24-10-16(18)19)22-17(23)21-12(2)13-4-3-7-20-9-13/h3-9,12,16H,10H2,1-2H3,(H2,21,22,23)/t12-/m1/s1. The van der Waals surface area contributed by atoms with Gasteiger partial charge in [-0.2, -0.15) is 0 Å². The molecule has 0 radical (unpaired) electrons. The Labute approximate surface area is 139 Å². The number of hydrogen-bond acceptors (Lipinski definition) is 3. The number of aryl methyl sites for hydroxylation is 1. The second kappa shape index (κ2) is 8.24. The summed E-state index contributed by atoms with van der Waals surface area (Å²) in [5.41, 5.74) is 2.05. The van der Waals surface area contributed by atoms with Crippen LogP contribution in [0, 0.1) is 6.92 Å². The van der Waals surface area contributed by atoms with Crippen molar-refractivity contribution in [1.29, 1.82) is 0 Å². The van der Waals surface area contributed by atoms with Crippen LogP contribution in [0.1, 0.15) is 24.1 Å². The highest BCUT2D eigenvalue weighted by Crippen LogP contribution is 2.23. The molecule has 2 rings (SSSR count). The first-order valence-electron chi connectivity index (χ1n) is 7.44. The van der Waals surface area contributed by atoms with Gasteiger partial charge in [0.25, 0.3) is 6.43 Å². The molecule has 0 fully saturated rings. The van der Waals surface area contributed by atoms with E-state index < -0.39 is 19.1 Å². The number of ether oxygens (including phenoxy) is 1. The van der Waals surface area contributed by atoms with Crippen LogP contribution in [0.3, 0.4) is 0 Å². The van der Waals surface area contributed by atoms with Gasteiger partial charge in [-0.05, 0) is 37.1 Å². The summed E-state index contributed by atoms with van der Waals surface area (Å²) in [5, 5.41) is 5.44. The molecule has 0 saturated carbocycles. The molecule has 2 N–H and O–H groups in total. The summed E-state index contributed by atoms with van der Waals surface area (Å²) in [6.45, 7) is 2.90. The quantitative estimate of drug-likeness (QED) is 0.841. The maximum Gasteiger partial charge on any atom is 0.319 e. The molecule has 1 aromatic heterocycles. The lowest BCUT2D eigenvalue weighted by atomic mass is 10.1. The largest absolute Gasteiger partial charge is 0.487 e. The van der Waals surface area contributed by atoms with Gasteiger partial charge in [-0.3, -0.25) is 4.98 Å². The molecule has 2 aromatic rings. The molecule has 7 heteroatoms. The molecule has 0 aliphatic carbocycles. The second-order valence-electron chi connectivity index (χ2n) is 5.29. The lowest BCUT2D eigenvalue weighted by Crippen LogP contribution is -2.31. The number of carbonyl (C=O) groups excluding carboxylic acids is 1. The normalized spacial score (nSPS) is 11.9. The fourth-order valence-electron chi connectivity index (χ4n) is 2.07. The third kappa shape index (κ3) is 5.19. The smallest absolute Gasteiger partial charge is 0.319 e. The number of nitrogens with one attached hydrogen (secondary N) is 2. The molecule has 5 nitrogen and oxygen atoms in total. The van der Waals surface area contributed by atoms with Gasteiger partial charge in [0.05, 0.1) is 6.04 Å². The molecular formula is C17H19F2N3O2. The van der Waals surface area contributed by atoms with Crippen molar-refractivity contribution in [3.8, 4) is 5.75 Å². The average molecular weight is 335 g/mol. The minimum Gasteiger partial charge on any atom is -0.487 e. The van der Waals surface area contributed by atoms with Gasteiger partial charge in [-0.15, -0.1) is 0 Å². The Bertz CT molecular complexity index is 681. The predicted octanol–water partition coefficient (Wildman–Crippen LogP) is 3.92. The van der Waals surface area contributed by atoms with Crippen molar-refractivity contribution in [2.24, 2.45) is 0 Å². The zero-order chi connectivity index (χ0) is 17.5. The van der Waals surface area contributed by atoms with Crippen LogP contribution in [-0.2, 0) is 0 Å². The van der Waals surface area contributed by atoms with Crippen molar-refractivity contribution in [2.75, 3.05) is 11.9 Å². The monoisotopic (exact) mass is 335 g/mol. The van der Waals surface area contributed by atoms with E-state index in [9.17, 15) is 13.6 Å². The number of alkyl halides is 2. The SMILES string of the molecule is Cc1ccc(NC(=O)N[C@H](C)c2cccnc2)cc1OCC(F)F. The molecule has 0 aliphatic rings. The third-order valence-electron chi connectivity index (χ3n) is 3.34. The van der Waals surface area contributed by atoms with Crippen LogP contribution in [-0.4, -0.2) is 24.0 Å². The maximum atomic E-state index is 12.3. The van der Waals surface area contributed by atoms with Crippen molar-refractivity contribution in [3.05, 3.63) is 53.9 Å². The summed E-state index contributed by atoms with van der Waals surface area (Å²) >= 11 is 0. The zero-order valence-electron chi connectivity index (χ0n) is 13.4. The first kappa shape index (κ1) is 17.7. The topological polar surface area (TPSA) is 63.2 Å². The van der Waals surface area contributed by atoms with Crippen LogP contribution >= 0.6 is 0 Å². The minimum atomic E-state index is -2.55. The number of urea groups is 1. The van der Waals surface area contributed by atoms with Crippen LogP contribution in [0.15, 0.2) is 42.7 Å². The van der Waals surface area contributed by atoms with Gasteiger partial charge in [0.15, 0.2) is 0 Å². The molecule has 1 atom stereocenters. The summed E-state index contributed by atoms with van der Waals surface area (Å²) in [6.07, 6.45) is 0.779. The Kier molecular flexibility index (Phi) is 6.06. The molecule has 0 unspecified atom stereocenters. The molecule has 2 amide bonds. The molecular weight excluding hydrogens is 316 g/mol. The highest BCUT2D eigenvalue weighted by Gasteiger charge is 2.11. The van der Waals surface area contributed by atoms with Crippen LogP contribution in [0.5, 0.6) is 5.75 Å². The van der Waals surface area contributed by atoms with Crippen LogP contribution in [0.2, 0.25) is 0 Å². The second-order valence-corrected chi connectivity index (χ2v) is 5.29. The van der Waals surface area contributed by atoms with Crippen LogP contribution < -0.4 is 15.4 Å². The summed E-state index contributed by atoms with van der Waals surface area (Å²) in [7, 11) is 0. The highest BCUT2D eigenvalue weighted by atomic mass is 19.3. The lowest BCUT2D eigenvalue weighted by Gasteiger charge is -2.15. The number of carbonyl (C=O) groups is 1. The molecule has 128 valence electrons. The van der Waals surface area contributed by atoms with E-state index in [4.69, 9.17) is 4.74 Å². The van der Waals surface area contributed by atoms with Crippen molar-refractivity contribution in [2.45, 2.75) is 26.3 Å². The maximum absolute atomic E-state index is 12.3. The fraction of sp³-hybridized carbons (Fsp3) is 0.294. The van der Waals surface area contributed by atoms with Crippen LogP contribution in [0.4, 0.5) is 19.3 Å². The number of nitrogens with zero attached hydrogens (tertiary/aromatic N) is 1. The molecule has 0 aliphatic heterocycles. The number of pyridine rings is 1. The van der Waals surface area contributed by atoms with E-state index in [0.29, 0.717) is 17.0 Å². The van der Waals surface area contributed by atoms with Gasteiger partial charge in [-0.1, -0.05) is 12.1 Å². The van der Waals surface area contributed by atoms with Gasteiger partial charge in [0.1, 0.15) is 12.4 Å². The van der Waals surface area contributed by atoms with Gasteiger partial charge in [0, 0.05) is 24.1 Å². The van der Waals surface area contributed by atoms with E-state index >= 15 is 0 Å². The van der Waals surface area contributed by atoms with E-state index in [1.165, 1.54) is 6.07 Å². The van der Waals surface area contributed by atoms with Crippen LogP contribution in [0.25, 0.3) is 0 Å². The number of amides is 2. The Balaban J connectivity index is 1.97. The van der Waals surface area contributed by atoms with E-state index in [-0.39, 0.29) is 6.04 Å². The van der Waals surface area contributed by atoms with Crippen molar-refractivity contribution in [3.63, 3.8) is 0 Å². The Morgan fingerprint density at radius 3 is 2.79 bits per heavy atom. The lowest BCUT2D eigenvalue weighted by molar-refractivity contribution is 0.0816. The first-order valence-corrected chi connectivity index (χ1v) is 7.44. The predicted molar refractivity (Wildman–Crippen MR) is 87.5 cm³/mol. The highest BCUT2D eigenvalue weighted by molar-refractivity contribution is 5.89. The zero-order valence-corrected chi connectivity index (χ0v) is 13.4. The number of rotatable bonds is 6. The number of benzene rings is 1. The molecule has 0 saturated heterocycles. The van der Waals surface area contributed by atoms with Gasteiger partial charge in [0.2, 0.25) is 0 Å². The average Bonchev–Trinajstić information content (AvgIpc) is 2.56. The molecule has 1 aromatic carbocycles. The summed E-state index contributed by atoms with van der Waals surface area (Å²) in [4.78, 5) is 16.1. The third-order valence-corrected chi connectivity index (χ3v) is 3.34. The number of anilines is 1. The van der Waals surface area contributed by atoms with E-state index in [2.05, 4.69) is 15.6 Å². The van der Waals surface area contributed by atoms with Gasteiger partial charge >= 0.3 is 6.03 Å². The first-order chi connectivity index (χ1) is 11.5. The van der Waals surface area contributed by atoms with Gasteiger partial charge in [-0.25, -0.2) is 13.6 Å². The summed E-state index contributed by atoms with van der Waals surface area (Å²) < 4.78 is 29.6. The minimum absolute atomic E-state index is 0.223. The molecule has 24 heavy (non-hydrogen) atoms. The molecule has 1 heterocycles. The van der Waals surface area contributed by atoms with E-state index in [1.807, 2.05) is 13.0 Å². The Hall–Kier alpha value is -2.70. The number of hydrogen-bond donors (Lipinski definition) is 2. The van der Waals surface area contributed by atoms with Gasteiger partial charge < -0.3 is 15.4 Å². The Morgan fingerprint density at radius 2 is 2.12 bits per heavy atom. The van der Waals surface area contributed by atoms with Crippen molar-refractivity contribution < 1.29 is 18.3 Å².